The van der Waals surface area contributed by atoms with E-state index in [0.29, 0.717) is 19.8 Å². The van der Waals surface area contributed by atoms with E-state index in [0.717, 1.165) is 18.7 Å². The molecule has 3 atom stereocenters. The smallest absolute Gasteiger partial charge is 0.240 e. The molecule has 24 heavy (non-hydrogen) atoms. The molecular formula is C16H24N2O5S. The lowest BCUT2D eigenvalue weighted by atomic mass is 10.1. The van der Waals surface area contributed by atoms with Gasteiger partial charge in [-0.3, -0.25) is 4.90 Å². The summed E-state index contributed by atoms with van der Waals surface area (Å²) in [6.45, 7) is 5.58. The molecule has 2 heterocycles. The first-order valence-corrected chi connectivity index (χ1v) is 9.63. The monoisotopic (exact) mass is 356 g/mol. The zero-order chi connectivity index (χ0) is 17.2. The van der Waals surface area contributed by atoms with Crippen molar-refractivity contribution >= 4 is 10.0 Å². The Hall–Kier alpha value is -1.03. The molecule has 0 spiro atoms. The minimum Gasteiger partial charge on any atom is -0.389 e. The first-order chi connectivity index (χ1) is 11.5. The van der Waals surface area contributed by atoms with Crippen LogP contribution in [0, 0.1) is 6.92 Å². The third-order valence-electron chi connectivity index (χ3n) is 4.46. The van der Waals surface area contributed by atoms with Crippen LogP contribution in [0.5, 0.6) is 0 Å². The Morgan fingerprint density at radius 2 is 1.92 bits per heavy atom. The van der Waals surface area contributed by atoms with Crippen molar-refractivity contribution < 1.29 is 23.0 Å². The van der Waals surface area contributed by atoms with Crippen molar-refractivity contribution in [2.45, 2.75) is 30.1 Å². The Balaban J connectivity index is 1.60. The van der Waals surface area contributed by atoms with E-state index in [-0.39, 0.29) is 11.5 Å². The maximum absolute atomic E-state index is 12.4. The quantitative estimate of drug-likeness (QED) is 0.755. The molecule has 2 aliphatic heterocycles. The Labute approximate surface area is 142 Å². The van der Waals surface area contributed by atoms with Crippen molar-refractivity contribution in [3.63, 3.8) is 0 Å². The second kappa shape index (κ2) is 7.47. The van der Waals surface area contributed by atoms with Gasteiger partial charge in [-0.05, 0) is 19.1 Å². The van der Waals surface area contributed by atoms with Gasteiger partial charge < -0.3 is 14.6 Å². The summed E-state index contributed by atoms with van der Waals surface area (Å²) in [5.41, 5.74) is 0.990. The Kier molecular flexibility index (Phi) is 5.53. The van der Waals surface area contributed by atoms with E-state index in [1.807, 2.05) is 6.92 Å². The molecule has 0 bridgehead atoms. The van der Waals surface area contributed by atoms with Crippen molar-refractivity contribution in [2.75, 3.05) is 39.5 Å². The fourth-order valence-electron chi connectivity index (χ4n) is 2.97. The molecule has 1 aromatic rings. The van der Waals surface area contributed by atoms with E-state index in [4.69, 9.17) is 9.47 Å². The highest BCUT2D eigenvalue weighted by Gasteiger charge is 2.39. The number of aliphatic hydroxyl groups excluding tert-OH is 1. The van der Waals surface area contributed by atoms with Gasteiger partial charge in [0.05, 0.1) is 43.0 Å². The van der Waals surface area contributed by atoms with Gasteiger partial charge in [0, 0.05) is 19.6 Å². The largest absolute Gasteiger partial charge is 0.389 e. The Bertz CT molecular complexity index is 643. The summed E-state index contributed by atoms with van der Waals surface area (Å²) >= 11 is 0. The summed E-state index contributed by atoms with van der Waals surface area (Å²) in [6, 6.07) is 5.98. The molecule has 0 saturated carbocycles. The molecule has 0 amide bonds. The van der Waals surface area contributed by atoms with Crippen LogP contribution in [-0.4, -0.2) is 76.1 Å². The third-order valence-corrected chi connectivity index (χ3v) is 5.97. The zero-order valence-electron chi connectivity index (χ0n) is 13.7. The standard InChI is InChI=1S/C16H24N2O5S/c1-12-2-4-13(5-3-12)24(20,21)17-14-11-23-15(16(14)19)10-18-6-8-22-9-7-18/h2-5,14-17,19H,6-11H2,1H3. The van der Waals surface area contributed by atoms with Crippen LogP contribution >= 0.6 is 0 Å². The Morgan fingerprint density at radius 1 is 1.25 bits per heavy atom. The van der Waals surface area contributed by atoms with E-state index >= 15 is 0 Å². The van der Waals surface area contributed by atoms with Crippen LogP contribution in [-0.2, 0) is 19.5 Å². The summed E-state index contributed by atoms with van der Waals surface area (Å²) in [5.74, 6) is 0. The molecular weight excluding hydrogens is 332 g/mol. The SMILES string of the molecule is Cc1ccc(S(=O)(=O)NC2COC(CN3CCOCC3)C2O)cc1. The van der Waals surface area contributed by atoms with Crippen LogP contribution in [0.25, 0.3) is 0 Å². The van der Waals surface area contributed by atoms with Gasteiger partial charge in [0.1, 0.15) is 0 Å². The van der Waals surface area contributed by atoms with Crippen molar-refractivity contribution in [1.29, 1.82) is 0 Å². The molecule has 8 heteroatoms. The second-order valence-corrected chi connectivity index (χ2v) is 8.03. The lowest BCUT2D eigenvalue weighted by Gasteiger charge is -2.29. The minimum atomic E-state index is -3.67. The lowest BCUT2D eigenvalue weighted by Crippen LogP contribution is -2.48. The van der Waals surface area contributed by atoms with Crippen LogP contribution in [0.1, 0.15) is 5.56 Å². The minimum absolute atomic E-state index is 0.168. The molecule has 0 aromatic heterocycles. The topological polar surface area (TPSA) is 88.1 Å². The Morgan fingerprint density at radius 3 is 2.58 bits per heavy atom. The maximum atomic E-state index is 12.4. The van der Waals surface area contributed by atoms with Crippen molar-refractivity contribution in [3.05, 3.63) is 29.8 Å². The van der Waals surface area contributed by atoms with E-state index in [1.165, 1.54) is 0 Å². The highest BCUT2D eigenvalue weighted by atomic mass is 32.2. The molecule has 3 rings (SSSR count). The van der Waals surface area contributed by atoms with Gasteiger partial charge in [-0.15, -0.1) is 0 Å². The van der Waals surface area contributed by atoms with Gasteiger partial charge in [0.2, 0.25) is 10.0 Å². The summed E-state index contributed by atoms with van der Waals surface area (Å²) in [5, 5.41) is 10.4. The van der Waals surface area contributed by atoms with E-state index in [1.54, 1.807) is 24.3 Å². The molecule has 3 unspecified atom stereocenters. The predicted octanol–water partition coefficient (Wildman–Crippen LogP) is -0.266. The number of ether oxygens (including phenoxy) is 2. The van der Waals surface area contributed by atoms with Crippen molar-refractivity contribution in [3.8, 4) is 0 Å². The van der Waals surface area contributed by atoms with E-state index < -0.39 is 28.3 Å². The predicted molar refractivity (Wildman–Crippen MR) is 88.3 cm³/mol. The van der Waals surface area contributed by atoms with Crippen LogP contribution in [0.4, 0.5) is 0 Å². The molecule has 2 fully saturated rings. The number of benzene rings is 1. The van der Waals surface area contributed by atoms with Gasteiger partial charge in [-0.1, -0.05) is 17.7 Å². The molecule has 2 saturated heterocycles. The summed E-state index contributed by atoms with van der Waals surface area (Å²) < 4.78 is 38.4. The number of rotatable bonds is 5. The fraction of sp³-hybridized carbons (Fsp3) is 0.625. The molecule has 7 nitrogen and oxygen atoms in total. The first kappa shape index (κ1) is 17.8. The van der Waals surface area contributed by atoms with Gasteiger partial charge in [-0.2, -0.15) is 0 Å². The number of hydrogen-bond donors (Lipinski definition) is 2. The van der Waals surface area contributed by atoms with Crippen LogP contribution in [0.15, 0.2) is 29.2 Å². The number of aryl methyl sites for hydroxylation is 1. The normalized spacial score (nSPS) is 29.0. The molecule has 0 radical (unpaired) electrons. The third kappa shape index (κ3) is 4.14. The maximum Gasteiger partial charge on any atom is 0.240 e. The van der Waals surface area contributed by atoms with Crippen molar-refractivity contribution in [1.82, 2.24) is 9.62 Å². The van der Waals surface area contributed by atoms with Crippen molar-refractivity contribution in [2.24, 2.45) is 0 Å². The molecule has 2 aliphatic rings. The van der Waals surface area contributed by atoms with Gasteiger partial charge in [-0.25, -0.2) is 13.1 Å². The first-order valence-electron chi connectivity index (χ1n) is 8.14. The lowest BCUT2D eigenvalue weighted by molar-refractivity contribution is -0.0179. The number of morpholine rings is 1. The summed E-state index contributed by atoms with van der Waals surface area (Å²) in [7, 11) is -3.67. The number of aliphatic hydroxyl groups is 1. The summed E-state index contributed by atoms with van der Waals surface area (Å²) in [6.07, 6.45) is -1.26. The van der Waals surface area contributed by atoms with Crippen LogP contribution in [0.3, 0.4) is 0 Å². The summed E-state index contributed by atoms with van der Waals surface area (Å²) in [4.78, 5) is 2.35. The van der Waals surface area contributed by atoms with Gasteiger partial charge in [0.25, 0.3) is 0 Å². The highest BCUT2D eigenvalue weighted by Crippen LogP contribution is 2.19. The average molecular weight is 356 g/mol. The van der Waals surface area contributed by atoms with Crippen LogP contribution < -0.4 is 4.72 Å². The number of sulfonamides is 1. The molecule has 0 aliphatic carbocycles. The zero-order valence-corrected chi connectivity index (χ0v) is 14.5. The average Bonchev–Trinajstić information content (AvgIpc) is 2.89. The number of hydrogen-bond acceptors (Lipinski definition) is 6. The van der Waals surface area contributed by atoms with Gasteiger partial charge in [0.15, 0.2) is 0 Å². The molecule has 2 N–H and O–H groups in total. The second-order valence-electron chi connectivity index (χ2n) is 6.32. The number of nitrogens with zero attached hydrogens (tertiary/aromatic N) is 1. The van der Waals surface area contributed by atoms with Crippen LogP contribution in [0.2, 0.25) is 0 Å². The fourth-order valence-corrected chi connectivity index (χ4v) is 4.21. The molecule has 134 valence electrons. The highest BCUT2D eigenvalue weighted by molar-refractivity contribution is 7.89. The van der Waals surface area contributed by atoms with E-state index in [9.17, 15) is 13.5 Å². The number of nitrogens with one attached hydrogen (secondary N) is 1. The van der Waals surface area contributed by atoms with E-state index in [2.05, 4.69) is 9.62 Å². The van der Waals surface area contributed by atoms with Gasteiger partial charge >= 0.3 is 0 Å². The molecule has 1 aromatic carbocycles.